The normalized spacial score (nSPS) is 15.4. The molecule has 0 spiro atoms. The van der Waals surface area contributed by atoms with E-state index in [1.54, 1.807) is 24.5 Å². The first-order valence-electron chi connectivity index (χ1n) is 9.83. The fraction of sp³-hybridized carbons (Fsp3) is 0.455. The molecule has 1 aliphatic heterocycles. The zero-order chi connectivity index (χ0) is 18.9. The second-order valence-electron chi connectivity index (χ2n) is 7.31. The Kier molecular flexibility index (Phi) is 7.22. The van der Waals surface area contributed by atoms with E-state index in [1.807, 2.05) is 6.07 Å². The predicted molar refractivity (Wildman–Crippen MR) is 107 cm³/mol. The summed E-state index contributed by atoms with van der Waals surface area (Å²) >= 11 is 0. The maximum atomic E-state index is 11.9. The van der Waals surface area contributed by atoms with Gasteiger partial charge in [0.15, 0.2) is 0 Å². The third-order valence-corrected chi connectivity index (χ3v) is 4.98. The molecule has 3 rings (SSSR count). The number of piperidine rings is 1. The summed E-state index contributed by atoms with van der Waals surface area (Å²) in [6, 6.07) is 11.9. The summed E-state index contributed by atoms with van der Waals surface area (Å²) in [5.41, 5.74) is 1.88. The molecule has 27 heavy (non-hydrogen) atoms. The lowest BCUT2D eigenvalue weighted by Crippen LogP contribution is -2.32. The summed E-state index contributed by atoms with van der Waals surface area (Å²) in [4.78, 5) is 18.4. The summed E-state index contributed by atoms with van der Waals surface area (Å²) < 4.78 is 5.86. The van der Waals surface area contributed by atoms with Crippen LogP contribution < -0.4 is 10.1 Å². The smallest absolute Gasteiger partial charge is 0.252 e. The predicted octanol–water partition coefficient (Wildman–Crippen LogP) is 3.51. The Balaban J connectivity index is 1.36. The number of nitrogens with zero attached hydrogens (tertiary/aromatic N) is 2. The molecule has 1 aliphatic rings. The molecule has 0 bridgehead atoms. The number of pyridine rings is 1. The van der Waals surface area contributed by atoms with Gasteiger partial charge in [-0.2, -0.15) is 0 Å². The number of aromatic nitrogens is 1. The molecule has 1 N–H and O–H groups in total. The number of likely N-dealkylation sites (tertiary alicyclic amines) is 1. The first-order chi connectivity index (χ1) is 13.2. The summed E-state index contributed by atoms with van der Waals surface area (Å²) in [5.74, 6) is 1.66. The van der Waals surface area contributed by atoms with E-state index in [4.69, 9.17) is 4.74 Å². The van der Waals surface area contributed by atoms with Crippen LogP contribution in [0.3, 0.4) is 0 Å². The molecule has 1 aromatic heterocycles. The number of nitrogens with one attached hydrogen (secondary N) is 1. The first kappa shape index (κ1) is 19.4. The van der Waals surface area contributed by atoms with Crippen LogP contribution >= 0.6 is 0 Å². The summed E-state index contributed by atoms with van der Waals surface area (Å²) in [7, 11) is 0. The molecule has 1 amide bonds. The lowest BCUT2D eigenvalue weighted by atomic mass is 9.99. The number of rotatable bonds is 8. The number of carbonyl (C=O) groups is 1. The average Bonchev–Trinajstić information content (AvgIpc) is 2.70. The number of ether oxygens (including phenoxy) is 1. The van der Waals surface area contributed by atoms with E-state index in [2.05, 4.69) is 40.3 Å². The third-order valence-electron chi connectivity index (χ3n) is 4.98. The topological polar surface area (TPSA) is 54.5 Å². The number of hydrogen-bond donors (Lipinski definition) is 1. The van der Waals surface area contributed by atoms with Crippen molar-refractivity contribution in [3.63, 3.8) is 0 Å². The maximum absolute atomic E-state index is 11.9. The molecule has 144 valence electrons. The average molecular weight is 367 g/mol. The van der Waals surface area contributed by atoms with E-state index in [-0.39, 0.29) is 5.91 Å². The van der Waals surface area contributed by atoms with Gasteiger partial charge < -0.3 is 10.1 Å². The fourth-order valence-corrected chi connectivity index (χ4v) is 3.28. The second kappa shape index (κ2) is 10.1. The Morgan fingerprint density at radius 3 is 2.89 bits per heavy atom. The van der Waals surface area contributed by atoms with E-state index in [0.717, 1.165) is 24.6 Å². The highest BCUT2D eigenvalue weighted by Crippen LogP contribution is 2.20. The Labute approximate surface area is 161 Å². The molecule has 2 heterocycles. The lowest BCUT2D eigenvalue weighted by molar-refractivity contribution is 0.0951. The number of amides is 1. The van der Waals surface area contributed by atoms with Gasteiger partial charge in [-0.25, -0.2) is 0 Å². The highest BCUT2D eigenvalue weighted by molar-refractivity contribution is 5.93. The van der Waals surface area contributed by atoms with E-state index in [0.29, 0.717) is 18.7 Å². The molecule has 0 aliphatic carbocycles. The first-order valence-corrected chi connectivity index (χ1v) is 9.83. The Morgan fingerprint density at radius 1 is 1.26 bits per heavy atom. The van der Waals surface area contributed by atoms with Crippen LogP contribution in [0.5, 0.6) is 5.75 Å². The molecule has 0 atom stereocenters. The number of carbonyl (C=O) groups excluding carboxylic acids is 1. The zero-order valence-electron chi connectivity index (χ0n) is 16.1. The quantitative estimate of drug-likeness (QED) is 0.726. The standard InChI is InChI=1S/C22H29N3O2/c1-18-8-12-25(13-9-18)17-19-5-2-7-21(15-19)27-14-4-11-24-22(26)20-6-3-10-23-16-20/h2-3,5-7,10,15-16,18H,4,8-9,11-14,17H2,1H3,(H,24,26). The van der Waals surface area contributed by atoms with Crippen molar-refractivity contribution in [2.45, 2.75) is 32.7 Å². The van der Waals surface area contributed by atoms with E-state index < -0.39 is 0 Å². The molecular weight excluding hydrogens is 338 g/mol. The monoisotopic (exact) mass is 367 g/mol. The minimum Gasteiger partial charge on any atom is -0.494 e. The van der Waals surface area contributed by atoms with Gasteiger partial charge in [-0.3, -0.25) is 14.7 Å². The maximum Gasteiger partial charge on any atom is 0.252 e. The highest BCUT2D eigenvalue weighted by Gasteiger charge is 2.15. The van der Waals surface area contributed by atoms with Crippen LogP contribution in [-0.2, 0) is 6.54 Å². The van der Waals surface area contributed by atoms with Crippen molar-refractivity contribution < 1.29 is 9.53 Å². The van der Waals surface area contributed by atoms with Gasteiger partial charge in [-0.15, -0.1) is 0 Å². The molecular formula is C22H29N3O2. The van der Waals surface area contributed by atoms with E-state index >= 15 is 0 Å². The molecule has 1 fully saturated rings. The van der Waals surface area contributed by atoms with Crippen LogP contribution in [0.4, 0.5) is 0 Å². The summed E-state index contributed by atoms with van der Waals surface area (Å²) in [6.07, 6.45) is 6.58. The van der Waals surface area contributed by atoms with Gasteiger partial charge >= 0.3 is 0 Å². The fourth-order valence-electron chi connectivity index (χ4n) is 3.28. The van der Waals surface area contributed by atoms with Crippen molar-refractivity contribution in [2.75, 3.05) is 26.2 Å². The minimum absolute atomic E-state index is 0.0963. The van der Waals surface area contributed by atoms with Gasteiger partial charge in [0.1, 0.15) is 5.75 Å². The van der Waals surface area contributed by atoms with Crippen molar-refractivity contribution in [3.05, 3.63) is 59.9 Å². The molecule has 0 unspecified atom stereocenters. The molecule has 5 heteroatoms. The van der Waals surface area contributed by atoms with Gasteiger partial charge in [0.2, 0.25) is 0 Å². The van der Waals surface area contributed by atoms with Gasteiger partial charge in [-0.1, -0.05) is 19.1 Å². The minimum atomic E-state index is -0.0963. The Bertz CT molecular complexity index is 713. The van der Waals surface area contributed by atoms with E-state index in [9.17, 15) is 4.79 Å². The van der Waals surface area contributed by atoms with Crippen molar-refractivity contribution >= 4 is 5.91 Å². The van der Waals surface area contributed by atoms with Gasteiger partial charge in [-0.05, 0) is 68.1 Å². The zero-order valence-corrected chi connectivity index (χ0v) is 16.1. The molecule has 0 radical (unpaired) electrons. The molecule has 1 aromatic carbocycles. The lowest BCUT2D eigenvalue weighted by Gasteiger charge is -2.30. The van der Waals surface area contributed by atoms with Gasteiger partial charge in [0.25, 0.3) is 5.91 Å². The molecule has 0 saturated carbocycles. The van der Waals surface area contributed by atoms with Crippen LogP contribution in [0.15, 0.2) is 48.8 Å². The van der Waals surface area contributed by atoms with Crippen LogP contribution in [0.2, 0.25) is 0 Å². The molecule has 5 nitrogen and oxygen atoms in total. The second-order valence-corrected chi connectivity index (χ2v) is 7.31. The molecule has 1 saturated heterocycles. The number of hydrogen-bond acceptors (Lipinski definition) is 4. The van der Waals surface area contributed by atoms with Crippen LogP contribution in [0.1, 0.15) is 42.1 Å². The molecule has 2 aromatic rings. The summed E-state index contributed by atoms with van der Waals surface area (Å²) in [5, 5.41) is 2.89. The largest absolute Gasteiger partial charge is 0.494 e. The highest BCUT2D eigenvalue weighted by atomic mass is 16.5. The Hall–Kier alpha value is -2.40. The van der Waals surface area contributed by atoms with Crippen molar-refractivity contribution in [1.82, 2.24) is 15.2 Å². The van der Waals surface area contributed by atoms with Gasteiger partial charge in [0, 0.05) is 25.5 Å². The summed E-state index contributed by atoms with van der Waals surface area (Å²) in [6.45, 7) is 6.86. The third kappa shape index (κ3) is 6.36. The van der Waals surface area contributed by atoms with Crippen LogP contribution in [-0.4, -0.2) is 42.0 Å². The van der Waals surface area contributed by atoms with Crippen LogP contribution in [0.25, 0.3) is 0 Å². The number of benzene rings is 1. The van der Waals surface area contributed by atoms with Gasteiger partial charge in [0.05, 0.1) is 12.2 Å². The van der Waals surface area contributed by atoms with E-state index in [1.165, 1.54) is 31.5 Å². The SMILES string of the molecule is CC1CCN(Cc2cccc(OCCCNC(=O)c3cccnc3)c2)CC1. The van der Waals surface area contributed by atoms with Crippen molar-refractivity contribution in [2.24, 2.45) is 5.92 Å². The Morgan fingerprint density at radius 2 is 2.11 bits per heavy atom. The van der Waals surface area contributed by atoms with Crippen molar-refractivity contribution in [3.8, 4) is 5.75 Å². The van der Waals surface area contributed by atoms with Crippen LogP contribution in [0, 0.1) is 5.92 Å². The van der Waals surface area contributed by atoms with Crippen molar-refractivity contribution in [1.29, 1.82) is 0 Å².